The fourth-order valence-electron chi connectivity index (χ4n) is 2.39. The number of nitrogens with one attached hydrogen (secondary N) is 2. The summed E-state index contributed by atoms with van der Waals surface area (Å²) >= 11 is 0. The second-order valence-electron chi connectivity index (χ2n) is 5.48. The van der Waals surface area contributed by atoms with Crippen molar-refractivity contribution in [3.8, 4) is 0 Å². The first kappa shape index (κ1) is 18.5. The maximum absolute atomic E-state index is 5.32. The minimum Gasteiger partial charge on any atom is -0.380 e. The minimum atomic E-state index is 0.284. The van der Waals surface area contributed by atoms with E-state index in [0.717, 1.165) is 31.2 Å². The number of aliphatic imine (C=N–C) groups is 1. The molecule has 1 atom stereocenters. The molecule has 0 bridgehead atoms. The van der Waals surface area contributed by atoms with Gasteiger partial charge in [-0.25, -0.2) is 0 Å². The van der Waals surface area contributed by atoms with Crippen molar-refractivity contribution in [3.05, 3.63) is 17.0 Å². The van der Waals surface area contributed by atoms with Gasteiger partial charge in [0.05, 0.1) is 18.8 Å². The zero-order chi connectivity index (χ0) is 16.5. The number of rotatable bonds is 8. The summed E-state index contributed by atoms with van der Waals surface area (Å²) in [5.74, 6) is 0.842. The summed E-state index contributed by atoms with van der Waals surface area (Å²) in [6, 6.07) is 0.284. The van der Waals surface area contributed by atoms with Crippen LogP contribution in [0.15, 0.2) is 4.99 Å². The Morgan fingerprint density at radius 2 is 2.09 bits per heavy atom. The Balaban J connectivity index is 2.60. The standard InChI is InChI=1S/C16H31N5O/c1-7-17-16(18-9-10-22-8-2)19-12(3)11-15-13(4)20-21(6)14(15)5/h12H,7-11H2,1-6H3,(H2,17,18,19). The average Bonchev–Trinajstić information content (AvgIpc) is 2.70. The molecule has 6 heteroatoms. The van der Waals surface area contributed by atoms with Crippen LogP contribution in [0.25, 0.3) is 0 Å². The number of aryl methyl sites for hydroxylation is 2. The normalized spacial score (nSPS) is 13.3. The van der Waals surface area contributed by atoms with E-state index in [2.05, 4.69) is 48.4 Å². The van der Waals surface area contributed by atoms with Crippen LogP contribution in [0.4, 0.5) is 0 Å². The van der Waals surface area contributed by atoms with Gasteiger partial charge in [-0.05, 0) is 46.6 Å². The first-order valence-electron chi connectivity index (χ1n) is 8.11. The van der Waals surface area contributed by atoms with E-state index in [1.54, 1.807) is 0 Å². The maximum Gasteiger partial charge on any atom is 0.191 e. The van der Waals surface area contributed by atoms with Crippen molar-refractivity contribution in [2.24, 2.45) is 12.0 Å². The molecular weight excluding hydrogens is 278 g/mol. The van der Waals surface area contributed by atoms with Gasteiger partial charge in [-0.3, -0.25) is 9.67 Å². The first-order valence-corrected chi connectivity index (χ1v) is 8.11. The quantitative estimate of drug-likeness (QED) is 0.434. The van der Waals surface area contributed by atoms with Crippen molar-refractivity contribution in [1.29, 1.82) is 0 Å². The molecule has 0 spiro atoms. The topological polar surface area (TPSA) is 63.5 Å². The highest BCUT2D eigenvalue weighted by atomic mass is 16.5. The molecule has 0 amide bonds. The van der Waals surface area contributed by atoms with Gasteiger partial charge in [0.2, 0.25) is 0 Å². The minimum absolute atomic E-state index is 0.284. The monoisotopic (exact) mass is 309 g/mol. The van der Waals surface area contributed by atoms with E-state index < -0.39 is 0 Å². The summed E-state index contributed by atoms with van der Waals surface area (Å²) in [5.41, 5.74) is 3.64. The highest BCUT2D eigenvalue weighted by Crippen LogP contribution is 2.14. The molecule has 1 aromatic rings. The van der Waals surface area contributed by atoms with Crippen LogP contribution in [0, 0.1) is 13.8 Å². The first-order chi connectivity index (χ1) is 10.5. The van der Waals surface area contributed by atoms with E-state index in [1.807, 2.05) is 18.7 Å². The molecule has 0 aliphatic carbocycles. The van der Waals surface area contributed by atoms with E-state index in [0.29, 0.717) is 13.2 Å². The Bertz CT molecular complexity index is 481. The SMILES string of the molecule is CCNC(=NCCOCC)NC(C)Cc1c(C)nn(C)c1C. The predicted octanol–water partition coefficient (Wildman–Crippen LogP) is 1.56. The van der Waals surface area contributed by atoms with Crippen molar-refractivity contribution < 1.29 is 4.74 Å². The third-order valence-corrected chi connectivity index (χ3v) is 3.61. The predicted molar refractivity (Wildman–Crippen MR) is 91.5 cm³/mol. The summed E-state index contributed by atoms with van der Waals surface area (Å²) in [6.07, 6.45) is 0.932. The van der Waals surface area contributed by atoms with Gasteiger partial charge in [-0.15, -0.1) is 0 Å². The van der Waals surface area contributed by atoms with Gasteiger partial charge in [0, 0.05) is 31.9 Å². The van der Waals surface area contributed by atoms with Gasteiger partial charge >= 0.3 is 0 Å². The van der Waals surface area contributed by atoms with Crippen LogP contribution in [-0.2, 0) is 18.2 Å². The fourth-order valence-corrected chi connectivity index (χ4v) is 2.39. The van der Waals surface area contributed by atoms with Gasteiger partial charge in [0.15, 0.2) is 5.96 Å². The average molecular weight is 309 g/mol. The largest absolute Gasteiger partial charge is 0.380 e. The summed E-state index contributed by atoms with van der Waals surface area (Å²) in [6.45, 7) is 13.3. The molecular formula is C16H31N5O. The van der Waals surface area contributed by atoms with E-state index in [1.165, 1.54) is 11.3 Å². The molecule has 1 rings (SSSR count). The van der Waals surface area contributed by atoms with Gasteiger partial charge in [0.25, 0.3) is 0 Å². The molecule has 0 aromatic carbocycles. The highest BCUT2D eigenvalue weighted by Gasteiger charge is 2.13. The van der Waals surface area contributed by atoms with Gasteiger partial charge < -0.3 is 15.4 Å². The lowest BCUT2D eigenvalue weighted by Crippen LogP contribution is -2.43. The van der Waals surface area contributed by atoms with Crippen molar-refractivity contribution in [2.75, 3.05) is 26.3 Å². The summed E-state index contributed by atoms with van der Waals surface area (Å²) < 4.78 is 7.27. The van der Waals surface area contributed by atoms with Crippen molar-refractivity contribution >= 4 is 5.96 Å². The lowest BCUT2D eigenvalue weighted by atomic mass is 10.1. The number of nitrogens with zero attached hydrogens (tertiary/aromatic N) is 3. The van der Waals surface area contributed by atoms with Crippen molar-refractivity contribution in [2.45, 2.75) is 47.1 Å². The molecule has 6 nitrogen and oxygen atoms in total. The van der Waals surface area contributed by atoms with Crippen LogP contribution in [0.2, 0.25) is 0 Å². The Labute approximate surface area is 134 Å². The van der Waals surface area contributed by atoms with Crippen LogP contribution in [0.3, 0.4) is 0 Å². The molecule has 0 saturated carbocycles. The van der Waals surface area contributed by atoms with Crippen LogP contribution >= 0.6 is 0 Å². The lowest BCUT2D eigenvalue weighted by Gasteiger charge is -2.18. The Kier molecular flexibility index (Phi) is 7.95. The molecule has 1 unspecified atom stereocenters. The zero-order valence-electron chi connectivity index (χ0n) is 14.9. The van der Waals surface area contributed by atoms with Crippen LogP contribution in [-0.4, -0.2) is 48.1 Å². The summed E-state index contributed by atoms with van der Waals surface area (Å²) in [7, 11) is 1.99. The van der Waals surface area contributed by atoms with Crippen LogP contribution in [0.1, 0.15) is 37.7 Å². The molecule has 2 N–H and O–H groups in total. The number of ether oxygens (including phenoxy) is 1. The molecule has 0 radical (unpaired) electrons. The fraction of sp³-hybridized carbons (Fsp3) is 0.750. The second-order valence-corrected chi connectivity index (χ2v) is 5.48. The van der Waals surface area contributed by atoms with Gasteiger partial charge in [0.1, 0.15) is 0 Å². The zero-order valence-corrected chi connectivity index (χ0v) is 14.9. The second kappa shape index (κ2) is 9.46. The molecule has 22 heavy (non-hydrogen) atoms. The van der Waals surface area contributed by atoms with E-state index in [-0.39, 0.29) is 6.04 Å². The molecule has 126 valence electrons. The van der Waals surface area contributed by atoms with Crippen LogP contribution < -0.4 is 10.6 Å². The number of hydrogen-bond donors (Lipinski definition) is 2. The molecule has 0 saturated heterocycles. The molecule has 0 fully saturated rings. The van der Waals surface area contributed by atoms with Crippen LogP contribution in [0.5, 0.6) is 0 Å². The molecule has 1 heterocycles. The molecule has 1 aromatic heterocycles. The van der Waals surface area contributed by atoms with Crippen molar-refractivity contribution in [1.82, 2.24) is 20.4 Å². The smallest absolute Gasteiger partial charge is 0.191 e. The van der Waals surface area contributed by atoms with Gasteiger partial charge in [-0.2, -0.15) is 5.10 Å². The Hall–Kier alpha value is -1.56. The highest BCUT2D eigenvalue weighted by molar-refractivity contribution is 5.80. The molecule has 0 aliphatic rings. The Morgan fingerprint density at radius 3 is 2.64 bits per heavy atom. The lowest BCUT2D eigenvalue weighted by molar-refractivity contribution is 0.155. The maximum atomic E-state index is 5.32. The molecule has 0 aliphatic heterocycles. The number of guanidine groups is 1. The van der Waals surface area contributed by atoms with E-state index in [4.69, 9.17) is 4.74 Å². The number of hydrogen-bond acceptors (Lipinski definition) is 3. The van der Waals surface area contributed by atoms with Gasteiger partial charge in [-0.1, -0.05) is 0 Å². The Morgan fingerprint density at radius 1 is 1.36 bits per heavy atom. The third-order valence-electron chi connectivity index (χ3n) is 3.61. The van der Waals surface area contributed by atoms with E-state index >= 15 is 0 Å². The van der Waals surface area contributed by atoms with E-state index in [9.17, 15) is 0 Å². The van der Waals surface area contributed by atoms with Crippen molar-refractivity contribution in [3.63, 3.8) is 0 Å². The summed E-state index contributed by atoms with van der Waals surface area (Å²) in [5, 5.41) is 11.2. The number of aromatic nitrogens is 2. The summed E-state index contributed by atoms with van der Waals surface area (Å²) in [4.78, 5) is 4.53. The third kappa shape index (κ3) is 5.67.